The minimum atomic E-state index is -0.0110. The lowest BCUT2D eigenvalue weighted by Gasteiger charge is -2.35. The number of rotatable bonds is 4. The number of hydrogen-bond acceptors (Lipinski definition) is 4. The first kappa shape index (κ1) is 16.7. The van der Waals surface area contributed by atoms with Crippen LogP contribution >= 0.6 is 11.6 Å². The third kappa shape index (κ3) is 3.85. The molecule has 2 heterocycles. The molecule has 1 aromatic carbocycles. The first-order valence-corrected chi connectivity index (χ1v) is 8.71. The number of hydrogen-bond donors (Lipinski definition) is 1. The molecule has 1 unspecified atom stereocenters. The van der Waals surface area contributed by atoms with Crippen LogP contribution in [0.25, 0.3) is 0 Å². The Morgan fingerprint density at radius 2 is 2.08 bits per heavy atom. The number of carbonyl (C=O) groups is 1. The van der Waals surface area contributed by atoms with E-state index in [4.69, 9.17) is 11.6 Å². The number of anilines is 2. The third-order valence-electron chi connectivity index (χ3n) is 4.36. The van der Waals surface area contributed by atoms with Crippen LogP contribution < -0.4 is 5.32 Å². The number of carbonyl (C=O) groups excluding carboxylic acids is 1. The van der Waals surface area contributed by atoms with E-state index in [0.29, 0.717) is 22.6 Å². The smallest absolute Gasteiger partial charge is 0.272 e. The van der Waals surface area contributed by atoms with Gasteiger partial charge in [-0.3, -0.25) is 4.79 Å². The largest absolute Gasteiger partial charge is 0.340 e. The number of amides is 1. The predicted octanol–water partition coefficient (Wildman–Crippen LogP) is 4.28. The van der Waals surface area contributed by atoms with E-state index in [0.717, 1.165) is 31.5 Å². The van der Waals surface area contributed by atoms with Crippen LogP contribution in [0.2, 0.25) is 5.02 Å². The highest BCUT2D eigenvalue weighted by molar-refractivity contribution is 6.30. The van der Waals surface area contributed by atoms with Gasteiger partial charge in [-0.15, -0.1) is 0 Å². The number of aromatic nitrogens is 2. The Bertz CT molecular complexity index is 704. The molecule has 126 valence electrons. The molecule has 3 rings (SSSR count). The van der Waals surface area contributed by atoms with Crippen LogP contribution in [-0.4, -0.2) is 33.4 Å². The Labute approximate surface area is 147 Å². The fourth-order valence-electron chi connectivity index (χ4n) is 3.06. The standard InChI is InChI=1S/C18H21ClN4O/c1-2-15-5-3-4-10-23(15)18(24)16-11-17(21-12-20-16)22-14-8-6-13(19)7-9-14/h6-9,11-12,15H,2-5,10H2,1H3,(H,20,21,22). The fraction of sp³-hybridized carbons (Fsp3) is 0.389. The lowest BCUT2D eigenvalue weighted by Crippen LogP contribution is -2.43. The van der Waals surface area contributed by atoms with Crippen LogP contribution in [-0.2, 0) is 0 Å². The molecule has 2 aromatic rings. The van der Waals surface area contributed by atoms with E-state index in [-0.39, 0.29) is 5.91 Å². The van der Waals surface area contributed by atoms with E-state index in [2.05, 4.69) is 22.2 Å². The summed E-state index contributed by atoms with van der Waals surface area (Å²) >= 11 is 5.89. The van der Waals surface area contributed by atoms with E-state index >= 15 is 0 Å². The zero-order chi connectivity index (χ0) is 16.9. The van der Waals surface area contributed by atoms with Gasteiger partial charge in [0.05, 0.1) is 0 Å². The van der Waals surface area contributed by atoms with Crippen molar-refractivity contribution in [1.82, 2.24) is 14.9 Å². The average Bonchev–Trinajstić information content (AvgIpc) is 2.63. The highest BCUT2D eigenvalue weighted by atomic mass is 35.5. The van der Waals surface area contributed by atoms with Gasteiger partial charge < -0.3 is 10.2 Å². The summed E-state index contributed by atoms with van der Waals surface area (Å²) in [5, 5.41) is 3.85. The molecule has 0 saturated carbocycles. The second kappa shape index (κ2) is 7.62. The number of likely N-dealkylation sites (tertiary alicyclic amines) is 1. The van der Waals surface area contributed by atoms with Crippen molar-refractivity contribution in [2.45, 2.75) is 38.6 Å². The maximum atomic E-state index is 12.8. The van der Waals surface area contributed by atoms with Gasteiger partial charge in [0.25, 0.3) is 5.91 Å². The quantitative estimate of drug-likeness (QED) is 0.899. The number of benzene rings is 1. The maximum absolute atomic E-state index is 12.8. The lowest BCUT2D eigenvalue weighted by molar-refractivity contribution is 0.0602. The van der Waals surface area contributed by atoms with Gasteiger partial charge in [0.1, 0.15) is 17.8 Å². The summed E-state index contributed by atoms with van der Waals surface area (Å²) in [6, 6.07) is 9.35. The SMILES string of the molecule is CCC1CCCCN1C(=O)c1cc(Nc2ccc(Cl)cc2)ncn1. The van der Waals surface area contributed by atoms with Crippen molar-refractivity contribution in [2.75, 3.05) is 11.9 Å². The van der Waals surface area contributed by atoms with Crippen LogP contribution in [0, 0.1) is 0 Å². The fourth-order valence-corrected chi connectivity index (χ4v) is 3.19. The zero-order valence-corrected chi connectivity index (χ0v) is 14.5. The van der Waals surface area contributed by atoms with Crippen molar-refractivity contribution in [3.8, 4) is 0 Å². The first-order chi connectivity index (χ1) is 11.7. The van der Waals surface area contributed by atoms with Gasteiger partial charge in [0.15, 0.2) is 0 Å². The third-order valence-corrected chi connectivity index (χ3v) is 4.61. The van der Waals surface area contributed by atoms with Crippen LogP contribution in [0.1, 0.15) is 43.1 Å². The molecule has 1 aliphatic rings. The van der Waals surface area contributed by atoms with Crippen molar-refractivity contribution in [3.05, 3.63) is 47.4 Å². The molecule has 1 aromatic heterocycles. The van der Waals surface area contributed by atoms with Gasteiger partial charge in [-0.25, -0.2) is 9.97 Å². The second-order valence-corrected chi connectivity index (χ2v) is 6.41. The Morgan fingerprint density at radius 1 is 1.29 bits per heavy atom. The zero-order valence-electron chi connectivity index (χ0n) is 13.7. The van der Waals surface area contributed by atoms with Crippen LogP contribution in [0.5, 0.6) is 0 Å². The molecule has 1 amide bonds. The molecule has 0 spiro atoms. The minimum Gasteiger partial charge on any atom is -0.340 e. The summed E-state index contributed by atoms with van der Waals surface area (Å²) < 4.78 is 0. The molecule has 1 N–H and O–H groups in total. The van der Waals surface area contributed by atoms with Crippen LogP contribution in [0.4, 0.5) is 11.5 Å². The van der Waals surface area contributed by atoms with Crippen molar-refractivity contribution in [1.29, 1.82) is 0 Å². The topological polar surface area (TPSA) is 58.1 Å². The van der Waals surface area contributed by atoms with Gasteiger partial charge >= 0.3 is 0 Å². The highest BCUT2D eigenvalue weighted by Crippen LogP contribution is 2.22. The molecule has 0 radical (unpaired) electrons. The normalized spacial score (nSPS) is 17.6. The van der Waals surface area contributed by atoms with E-state index in [1.165, 1.54) is 12.7 Å². The summed E-state index contributed by atoms with van der Waals surface area (Å²) in [6.07, 6.45) is 5.73. The van der Waals surface area contributed by atoms with Crippen molar-refractivity contribution in [3.63, 3.8) is 0 Å². The van der Waals surface area contributed by atoms with Gasteiger partial charge in [0, 0.05) is 29.4 Å². The Morgan fingerprint density at radius 3 is 2.83 bits per heavy atom. The molecule has 1 aliphatic heterocycles. The lowest BCUT2D eigenvalue weighted by atomic mass is 9.99. The van der Waals surface area contributed by atoms with Gasteiger partial charge in [-0.2, -0.15) is 0 Å². The Kier molecular flexibility index (Phi) is 5.30. The predicted molar refractivity (Wildman–Crippen MR) is 95.7 cm³/mol. The van der Waals surface area contributed by atoms with E-state index in [1.54, 1.807) is 18.2 Å². The molecular formula is C18H21ClN4O. The molecule has 5 nitrogen and oxygen atoms in total. The summed E-state index contributed by atoms with van der Waals surface area (Å²) in [6.45, 7) is 2.94. The summed E-state index contributed by atoms with van der Waals surface area (Å²) in [4.78, 5) is 23.1. The number of nitrogens with zero attached hydrogens (tertiary/aromatic N) is 3. The van der Waals surface area contributed by atoms with Crippen LogP contribution in [0.3, 0.4) is 0 Å². The monoisotopic (exact) mass is 344 g/mol. The molecule has 24 heavy (non-hydrogen) atoms. The first-order valence-electron chi connectivity index (χ1n) is 8.33. The second-order valence-electron chi connectivity index (χ2n) is 5.98. The Hall–Kier alpha value is -2.14. The minimum absolute atomic E-state index is 0.0110. The summed E-state index contributed by atoms with van der Waals surface area (Å²) in [7, 11) is 0. The van der Waals surface area contributed by atoms with Crippen molar-refractivity contribution >= 4 is 29.0 Å². The van der Waals surface area contributed by atoms with E-state index < -0.39 is 0 Å². The maximum Gasteiger partial charge on any atom is 0.272 e. The van der Waals surface area contributed by atoms with Crippen molar-refractivity contribution < 1.29 is 4.79 Å². The number of nitrogens with one attached hydrogen (secondary N) is 1. The van der Waals surface area contributed by atoms with E-state index in [1.807, 2.05) is 17.0 Å². The number of halogens is 1. The van der Waals surface area contributed by atoms with Gasteiger partial charge in [0.2, 0.25) is 0 Å². The molecule has 0 aliphatic carbocycles. The summed E-state index contributed by atoms with van der Waals surface area (Å²) in [5.74, 6) is 0.587. The molecular weight excluding hydrogens is 324 g/mol. The molecule has 6 heteroatoms. The molecule has 0 bridgehead atoms. The van der Waals surface area contributed by atoms with Gasteiger partial charge in [-0.1, -0.05) is 18.5 Å². The Balaban J connectivity index is 1.76. The van der Waals surface area contributed by atoms with Gasteiger partial charge in [-0.05, 0) is 49.9 Å². The highest BCUT2D eigenvalue weighted by Gasteiger charge is 2.27. The number of piperidine rings is 1. The average molecular weight is 345 g/mol. The molecule has 1 fully saturated rings. The van der Waals surface area contributed by atoms with Crippen LogP contribution in [0.15, 0.2) is 36.7 Å². The molecule has 1 saturated heterocycles. The summed E-state index contributed by atoms with van der Waals surface area (Å²) in [5.41, 5.74) is 1.29. The van der Waals surface area contributed by atoms with E-state index in [9.17, 15) is 4.79 Å². The van der Waals surface area contributed by atoms with Crippen molar-refractivity contribution in [2.24, 2.45) is 0 Å². The molecule has 1 atom stereocenters.